The Bertz CT molecular complexity index is 427. The van der Waals surface area contributed by atoms with Gasteiger partial charge < -0.3 is 14.5 Å². The third-order valence-electron chi connectivity index (χ3n) is 4.04. The summed E-state index contributed by atoms with van der Waals surface area (Å²) in [6, 6.07) is 8.89. The molecule has 1 aliphatic rings. The van der Waals surface area contributed by atoms with E-state index in [-0.39, 0.29) is 0 Å². The average molecular weight is 274 g/mol. The van der Waals surface area contributed by atoms with E-state index in [1.807, 2.05) is 12.1 Å². The minimum absolute atomic E-state index is 0.731. The predicted octanol–water partition coefficient (Wildman–Crippen LogP) is 2.73. The van der Waals surface area contributed by atoms with Crippen molar-refractivity contribution < 1.29 is 4.74 Å². The zero-order valence-corrected chi connectivity index (χ0v) is 12.9. The number of hydrogen-bond acceptors (Lipinski definition) is 3. The van der Waals surface area contributed by atoms with Gasteiger partial charge in [-0.05, 0) is 51.2 Å². The summed E-state index contributed by atoms with van der Waals surface area (Å²) in [7, 11) is 6.13. The van der Waals surface area contributed by atoms with Crippen LogP contribution < -0.4 is 4.74 Å². The van der Waals surface area contributed by atoms with Gasteiger partial charge in [-0.15, -0.1) is 0 Å². The van der Waals surface area contributed by atoms with Gasteiger partial charge in [0.2, 0.25) is 0 Å². The SMILES string of the molecule is COc1ccc(/C=C/CN(C)C[C@@H]2CCCN2C)cc1. The first kappa shape index (κ1) is 15.1. The number of rotatable bonds is 6. The van der Waals surface area contributed by atoms with E-state index in [9.17, 15) is 0 Å². The van der Waals surface area contributed by atoms with Crippen LogP contribution >= 0.6 is 0 Å². The topological polar surface area (TPSA) is 15.7 Å². The van der Waals surface area contributed by atoms with Gasteiger partial charge in [-0.2, -0.15) is 0 Å². The molecule has 110 valence electrons. The Morgan fingerprint density at radius 3 is 2.70 bits per heavy atom. The molecule has 2 rings (SSSR count). The summed E-state index contributed by atoms with van der Waals surface area (Å²) < 4.78 is 5.16. The molecule has 1 fully saturated rings. The zero-order chi connectivity index (χ0) is 14.4. The van der Waals surface area contributed by atoms with Gasteiger partial charge in [0.15, 0.2) is 0 Å². The van der Waals surface area contributed by atoms with Gasteiger partial charge in [0.1, 0.15) is 5.75 Å². The summed E-state index contributed by atoms with van der Waals surface area (Å²) in [5.74, 6) is 0.906. The lowest BCUT2D eigenvalue weighted by atomic mass is 10.2. The van der Waals surface area contributed by atoms with Crippen molar-refractivity contribution >= 4 is 6.08 Å². The molecule has 20 heavy (non-hydrogen) atoms. The molecule has 0 spiro atoms. The van der Waals surface area contributed by atoms with Gasteiger partial charge in [0, 0.05) is 19.1 Å². The summed E-state index contributed by atoms with van der Waals surface area (Å²) in [6.45, 7) is 3.40. The van der Waals surface area contributed by atoms with Crippen molar-refractivity contribution in [1.29, 1.82) is 0 Å². The molecule has 0 aliphatic carbocycles. The van der Waals surface area contributed by atoms with Crippen LogP contribution in [0.1, 0.15) is 18.4 Å². The number of methoxy groups -OCH3 is 1. The fraction of sp³-hybridized carbons (Fsp3) is 0.529. The van der Waals surface area contributed by atoms with Crippen molar-refractivity contribution in [2.24, 2.45) is 0 Å². The molecule has 0 unspecified atom stereocenters. The zero-order valence-electron chi connectivity index (χ0n) is 12.9. The molecule has 0 N–H and O–H groups in total. The van der Waals surface area contributed by atoms with Gasteiger partial charge in [0.25, 0.3) is 0 Å². The highest BCUT2D eigenvalue weighted by atomic mass is 16.5. The predicted molar refractivity (Wildman–Crippen MR) is 85.2 cm³/mol. The normalized spacial score (nSPS) is 20.1. The minimum atomic E-state index is 0.731. The molecule has 1 aliphatic heterocycles. The van der Waals surface area contributed by atoms with Crippen LogP contribution in [0.2, 0.25) is 0 Å². The maximum Gasteiger partial charge on any atom is 0.118 e. The smallest absolute Gasteiger partial charge is 0.118 e. The minimum Gasteiger partial charge on any atom is -0.497 e. The molecule has 1 saturated heterocycles. The molecule has 0 radical (unpaired) electrons. The van der Waals surface area contributed by atoms with E-state index in [4.69, 9.17) is 4.74 Å². The lowest BCUT2D eigenvalue weighted by Gasteiger charge is -2.24. The number of ether oxygens (including phenoxy) is 1. The maximum absolute atomic E-state index is 5.16. The van der Waals surface area contributed by atoms with E-state index in [1.54, 1.807) is 7.11 Å². The summed E-state index contributed by atoms with van der Waals surface area (Å²) >= 11 is 0. The fourth-order valence-electron chi connectivity index (χ4n) is 2.73. The first-order valence-corrected chi connectivity index (χ1v) is 7.38. The molecule has 1 heterocycles. The standard InChI is InChI=1S/C17H26N2O/c1-18(14-16-7-5-13-19(16)2)12-4-6-15-8-10-17(20-3)11-9-15/h4,6,8-11,16H,5,7,12-14H2,1-3H3/b6-4+/t16-/m0/s1. The highest BCUT2D eigenvalue weighted by molar-refractivity contribution is 5.50. The van der Waals surface area contributed by atoms with Crippen LogP contribution in [0.4, 0.5) is 0 Å². The number of benzene rings is 1. The van der Waals surface area contributed by atoms with Gasteiger partial charge in [0.05, 0.1) is 7.11 Å². The van der Waals surface area contributed by atoms with Gasteiger partial charge in [-0.25, -0.2) is 0 Å². The van der Waals surface area contributed by atoms with E-state index in [0.29, 0.717) is 0 Å². The largest absolute Gasteiger partial charge is 0.497 e. The van der Waals surface area contributed by atoms with Crippen LogP contribution in [0.25, 0.3) is 6.08 Å². The van der Waals surface area contributed by atoms with Gasteiger partial charge in [-0.1, -0.05) is 24.3 Å². The van der Waals surface area contributed by atoms with E-state index in [1.165, 1.54) is 24.9 Å². The Kier molecular flexibility index (Phi) is 5.62. The van der Waals surface area contributed by atoms with E-state index in [2.05, 4.69) is 48.2 Å². The van der Waals surface area contributed by atoms with Crippen LogP contribution in [0.3, 0.4) is 0 Å². The quantitative estimate of drug-likeness (QED) is 0.793. The van der Waals surface area contributed by atoms with Gasteiger partial charge >= 0.3 is 0 Å². The van der Waals surface area contributed by atoms with Crippen LogP contribution in [0.15, 0.2) is 30.3 Å². The monoisotopic (exact) mass is 274 g/mol. The number of likely N-dealkylation sites (tertiary alicyclic amines) is 1. The highest BCUT2D eigenvalue weighted by Gasteiger charge is 2.21. The average Bonchev–Trinajstić information content (AvgIpc) is 2.85. The Balaban J connectivity index is 1.76. The molecule has 0 saturated carbocycles. The summed E-state index contributed by atoms with van der Waals surface area (Å²) in [5, 5.41) is 0. The summed E-state index contributed by atoms with van der Waals surface area (Å²) in [4.78, 5) is 4.87. The molecule has 1 atom stereocenters. The second-order valence-electron chi connectivity index (χ2n) is 5.67. The lowest BCUT2D eigenvalue weighted by molar-refractivity contribution is 0.232. The number of likely N-dealkylation sites (N-methyl/N-ethyl adjacent to an activating group) is 2. The van der Waals surface area contributed by atoms with Crippen molar-refractivity contribution in [2.75, 3.05) is 40.8 Å². The summed E-state index contributed by atoms with van der Waals surface area (Å²) in [5.41, 5.74) is 1.22. The maximum atomic E-state index is 5.16. The molecule has 3 nitrogen and oxygen atoms in total. The molecule has 0 amide bonds. The van der Waals surface area contributed by atoms with E-state index >= 15 is 0 Å². The molecule has 1 aromatic rings. The van der Waals surface area contributed by atoms with Crippen LogP contribution in [0, 0.1) is 0 Å². The summed E-state index contributed by atoms with van der Waals surface area (Å²) in [6.07, 6.45) is 7.09. The fourth-order valence-corrected chi connectivity index (χ4v) is 2.73. The second-order valence-corrected chi connectivity index (χ2v) is 5.67. The molecule has 1 aromatic carbocycles. The Labute approximate surface area is 122 Å². The van der Waals surface area contributed by atoms with Crippen LogP contribution in [-0.4, -0.2) is 56.7 Å². The molecule has 3 heteroatoms. The third-order valence-corrected chi connectivity index (χ3v) is 4.04. The molecular formula is C17H26N2O. The Morgan fingerprint density at radius 2 is 2.10 bits per heavy atom. The third kappa shape index (κ3) is 4.36. The molecular weight excluding hydrogens is 248 g/mol. The highest BCUT2D eigenvalue weighted by Crippen LogP contribution is 2.15. The van der Waals surface area contributed by atoms with Gasteiger partial charge in [-0.3, -0.25) is 0 Å². The molecule has 0 aromatic heterocycles. The molecule has 0 bridgehead atoms. The van der Waals surface area contributed by atoms with Crippen LogP contribution in [0.5, 0.6) is 5.75 Å². The Hall–Kier alpha value is -1.32. The van der Waals surface area contributed by atoms with Crippen molar-refractivity contribution in [2.45, 2.75) is 18.9 Å². The second kappa shape index (κ2) is 7.46. The number of hydrogen-bond donors (Lipinski definition) is 0. The van der Waals surface area contributed by atoms with Crippen LogP contribution in [-0.2, 0) is 0 Å². The van der Waals surface area contributed by atoms with Crippen molar-refractivity contribution in [3.05, 3.63) is 35.9 Å². The van der Waals surface area contributed by atoms with Crippen molar-refractivity contribution in [3.8, 4) is 5.75 Å². The first-order chi connectivity index (χ1) is 9.69. The Morgan fingerprint density at radius 1 is 1.35 bits per heavy atom. The first-order valence-electron chi connectivity index (χ1n) is 7.38. The number of nitrogens with zero attached hydrogens (tertiary/aromatic N) is 2. The van der Waals surface area contributed by atoms with Crippen molar-refractivity contribution in [1.82, 2.24) is 9.80 Å². The van der Waals surface area contributed by atoms with E-state index in [0.717, 1.165) is 24.9 Å². The van der Waals surface area contributed by atoms with Crippen molar-refractivity contribution in [3.63, 3.8) is 0 Å². The van der Waals surface area contributed by atoms with E-state index < -0.39 is 0 Å². The lowest BCUT2D eigenvalue weighted by Crippen LogP contribution is -2.36.